The van der Waals surface area contributed by atoms with Gasteiger partial charge in [0.15, 0.2) is 0 Å². The molecule has 2 N–H and O–H groups in total. The Kier molecular flexibility index (Phi) is 14.8. The van der Waals surface area contributed by atoms with Gasteiger partial charge in [0.2, 0.25) is 0 Å². The van der Waals surface area contributed by atoms with Crippen molar-refractivity contribution in [2.24, 2.45) is 0 Å². The summed E-state index contributed by atoms with van der Waals surface area (Å²) >= 11 is 0. The van der Waals surface area contributed by atoms with Crippen LogP contribution in [0, 0.1) is 11.8 Å². The molecule has 0 atom stereocenters. The third-order valence-electron chi connectivity index (χ3n) is 3.68. The summed E-state index contributed by atoms with van der Waals surface area (Å²) in [7, 11) is 0. The van der Waals surface area contributed by atoms with Crippen molar-refractivity contribution >= 4 is 5.91 Å². The van der Waals surface area contributed by atoms with Gasteiger partial charge >= 0.3 is 0 Å². The Bertz CT molecular complexity index is 578. The first kappa shape index (κ1) is 24.1. The lowest BCUT2D eigenvalue weighted by molar-refractivity contribution is 0.0157. The Hall–Kier alpha value is -1.91. The van der Waals surface area contributed by atoms with E-state index in [1.54, 1.807) is 12.1 Å². The summed E-state index contributed by atoms with van der Waals surface area (Å²) in [6.45, 7) is 9.83. The Morgan fingerprint density at radius 1 is 0.857 bits per heavy atom. The number of rotatable bonds is 15. The predicted molar refractivity (Wildman–Crippen MR) is 112 cm³/mol. The van der Waals surface area contributed by atoms with E-state index in [9.17, 15) is 4.79 Å². The Morgan fingerprint density at radius 3 is 2.07 bits per heavy atom. The molecule has 6 nitrogen and oxygen atoms in total. The van der Waals surface area contributed by atoms with Crippen LogP contribution in [0.3, 0.4) is 0 Å². The van der Waals surface area contributed by atoms with Gasteiger partial charge in [-0.2, -0.15) is 0 Å². The van der Waals surface area contributed by atoms with Crippen molar-refractivity contribution in [1.29, 1.82) is 0 Å². The molecule has 0 saturated heterocycles. The van der Waals surface area contributed by atoms with Crippen LogP contribution in [0.25, 0.3) is 0 Å². The monoisotopic (exact) mass is 390 g/mol. The summed E-state index contributed by atoms with van der Waals surface area (Å²) in [5.74, 6) is 5.93. The molecule has 1 amide bonds. The number of carbonyl (C=O) groups excluding carboxylic acids is 1. The number of hydrogen-bond donors (Lipinski definition) is 2. The quantitative estimate of drug-likeness (QED) is 0.355. The topological polar surface area (TPSA) is 68.8 Å². The molecule has 6 heteroatoms. The first-order valence-corrected chi connectivity index (χ1v) is 10.1. The molecular weight excluding hydrogens is 356 g/mol. The summed E-state index contributed by atoms with van der Waals surface area (Å²) in [5.41, 5.74) is 1.54. The summed E-state index contributed by atoms with van der Waals surface area (Å²) in [5, 5.41) is 6.11. The average molecular weight is 391 g/mol. The zero-order valence-corrected chi connectivity index (χ0v) is 17.2. The second-order valence-electron chi connectivity index (χ2n) is 6.08. The van der Waals surface area contributed by atoms with Crippen molar-refractivity contribution in [3.05, 3.63) is 35.4 Å². The lowest BCUT2D eigenvalue weighted by atomic mass is 10.1. The smallest absolute Gasteiger partial charge is 0.251 e. The Labute approximate surface area is 169 Å². The molecule has 0 saturated carbocycles. The van der Waals surface area contributed by atoms with Crippen LogP contribution in [0.2, 0.25) is 0 Å². The van der Waals surface area contributed by atoms with Crippen LogP contribution < -0.4 is 10.6 Å². The number of nitrogens with one attached hydrogen (secondary N) is 2. The average Bonchev–Trinajstić information content (AvgIpc) is 2.72. The van der Waals surface area contributed by atoms with Crippen molar-refractivity contribution in [3.8, 4) is 11.8 Å². The number of hydrogen-bond acceptors (Lipinski definition) is 5. The highest BCUT2D eigenvalue weighted by Gasteiger charge is 2.04. The van der Waals surface area contributed by atoms with Crippen LogP contribution in [0.4, 0.5) is 0 Å². The Morgan fingerprint density at radius 2 is 1.46 bits per heavy atom. The molecule has 0 radical (unpaired) electrons. The highest BCUT2D eigenvalue weighted by Crippen LogP contribution is 2.03. The van der Waals surface area contributed by atoms with Gasteiger partial charge in [-0.25, -0.2) is 0 Å². The van der Waals surface area contributed by atoms with Gasteiger partial charge in [0.25, 0.3) is 5.91 Å². The van der Waals surface area contributed by atoms with Crippen molar-refractivity contribution in [3.63, 3.8) is 0 Å². The fraction of sp³-hybridized carbons (Fsp3) is 0.591. The number of benzene rings is 1. The third-order valence-corrected chi connectivity index (χ3v) is 3.68. The highest BCUT2D eigenvalue weighted by molar-refractivity contribution is 5.94. The molecule has 0 aliphatic heterocycles. The van der Waals surface area contributed by atoms with Gasteiger partial charge in [0.1, 0.15) is 0 Å². The van der Waals surface area contributed by atoms with E-state index < -0.39 is 0 Å². The van der Waals surface area contributed by atoms with Crippen molar-refractivity contribution in [2.75, 3.05) is 59.3 Å². The molecule has 0 bridgehead atoms. The first-order chi connectivity index (χ1) is 13.8. The van der Waals surface area contributed by atoms with E-state index in [2.05, 4.69) is 29.4 Å². The second-order valence-corrected chi connectivity index (χ2v) is 6.08. The van der Waals surface area contributed by atoms with E-state index in [4.69, 9.17) is 14.2 Å². The van der Waals surface area contributed by atoms with Crippen molar-refractivity contribution in [1.82, 2.24) is 10.6 Å². The van der Waals surface area contributed by atoms with E-state index >= 15 is 0 Å². The molecule has 1 aromatic rings. The molecular formula is C22H34N2O4. The molecule has 0 unspecified atom stereocenters. The highest BCUT2D eigenvalue weighted by atomic mass is 16.5. The van der Waals surface area contributed by atoms with Crippen LogP contribution in [-0.2, 0) is 14.2 Å². The molecule has 0 aliphatic rings. The zero-order chi connectivity index (χ0) is 20.3. The third kappa shape index (κ3) is 12.5. The van der Waals surface area contributed by atoms with Gasteiger partial charge < -0.3 is 24.8 Å². The van der Waals surface area contributed by atoms with Crippen LogP contribution in [0.15, 0.2) is 24.3 Å². The van der Waals surface area contributed by atoms with Gasteiger partial charge in [0.05, 0.1) is 39.6 Å². The largest absolute Gasteiger partial charge is 0.378 e. The van der Waals surface area contributed by atoms with E-state index in [1.165, 1.54) is 0 Å². The molecule has 0 fully saturated rings. The maximum atomic E-state index is 12.0. The lowest BCUT2D eigenvalue weighted by Crippen LogP contribution is -2.27. The Balaban J connectivity index is 1.95. The number of ether oxygens (including phenoxy) is 3. The fourth-order valence-electron chi connectivity index (χ4n) is 2.22. The lowest BCUT2D eigenvalue weighted by Gasteiger charge is -2.08. The van der Waals surface area contributed by atoms with E-state index in [0.717, 1.165) is 31.5 Å². The van der Waals surface area contributed by atoms with E-state index in [0.29, 0.717) is 51.7 Å². The van der Waals surface area contributed by atoms with Crippen LogP contribution in [0.1, 0.15) is 42.6 Å². The van der Waals surface area contributed by atoms with Gasteiger partial charge in [-0.3, -0.25) is 4.79 Å². The summed E-state index contributed by atoms with van der Waals surface area (Å²) < 4.78 is 16.3. The predicted octanol–water partition coefficient (Wildman–Crippen LogP) is 2.23. The molecule has 0 heterocycles. The molecule has 1 rings (SSSR count). The minimum atomic E-state index is -0.111. The van der Waals surface area contributed by atoms with Crippen LogP contribution in [0.5, 0.6) is 0 Å². The molecule has 1 aromatic carbocycles. The molecule has 156 valence electrons. The maximum Gasteiger partial charge on any atom is 0.251 e. The van der Waals surface area contributed by atoms with Crippen LogP contribution in [-0.4, -0.2) is 65.2 Å². The van der Waals surface area contributed by atoms with E-state index in [1.807, 2.05) is 19.1 Å². The SMILES string of the molecule is CCC#Cc1ccc(C(=O)NCCOCCOCCOCCNCCC)cc1. The van der Waals surface area contributed by atoms with Gasteiger partial charge in [-0.15, -0.1) is 0 Å². The van der Waals surface area contributed by atoms with Gasteiger partial charge in [-0.1, -0.05) is 25.7 Å². The maximum absolute atomic E-state index is 12.0. The summed E-state index contributed by atoms with van der Waals surface area (Å²) in [4.78, 5) is 12.0. The first-order valence-electron chi connectivity index (χ1n) is 10.1. The second kappa shape index (κ2) is 17.2. The van der Waals surface area contributed by atoms with E-state index in [-0.39, 0.29) is 5.91 Å². The molecule has 0 aromatic heterocycles. The van der Waals surface area contributed by atoms with Crippen LogP contribution >= 0.6 is 0 Å². The molecule has 0 aliphatic carbocycles. The normalized spacial score (nSPS) is 10.4. The minimum Gasteiger partial charge on any atom is -0.378 e. The summed E-state index contributed by atoms with van der Waals surface area (Å²) in [6, 6.07) is 7.28. The molecule has 28 heavy (non-hydrogen) atoms. The van der Waals surface area contributed by atoms with Crippen molar-refractivity contribution in [2.45, 2.75) is 26.7 Å². The minimum absolute atomic E-state index is 0.111. The zero-order valence-electron chi connectivity index (χ0n) is 17.2. The standard InChI is InChI=1S/C22H34N2O4/c1-3-5-6-20-7-9-21(10-8-20)22(25)24-13-15-27-17-19-28-18-16-26-14-12-23-11-4-2/h7-10,23H,3-4,11-19H2,1-2H3,(H,24,25). The number of amides is 1. The van der Waals surface area contributed by atoms with Crippen molar-refractivity contribution < 1.29 is 19.0 Å². The molecule has 0 spiro atoms. The number of carbonyl (C=O) groups is 1. The van der Waals surface area contributed by atoms with Gasteiger partial charge in [-0.05, 0) is 37.2 Å². The fourth-order valence-corrected chi connectivity index (χ4v) is 2.22. The summed E-state index contributed by atoms with van der Waals surface area (Å²) in [6.07, 6.45) is 1.95. The van der Waals surface area contributed by atoms with Gasteiger partial charge in [0, 0.05) is 30.6 Å².